The van der Waals surface area contributed by atoms with Crippen molar-refractivity contribution < 1.29 is 13.4 Å². The van der Waals surface area contributed by atoms with E-state index in [-0.39, 0.29) is 24.3 Å². The lowest BCUT2D eigenvalue weighted by Crippen LogP contribution is -2.33. The molecule has 2 aromatic rings. The summed E-state index contributed by atoms with van der Waals surface area (Å²) in [7, 11) is -0.954. The van der Waals surface area contributed by atoms with Gasteiger partial charge in [0, 0.05) is 46.5 Å². The molecule has 3 nitrogen and oxygen atoms in total. The van der Waals surface area contributed by atoms with Gasteiger partial charge in [-0.2, -0.15) is 0 Å². The minimum absolute atomic E-state index is 0.0931. The first kappa shape index (κ1) is 16.8. The highest BCUT2D eigenvalue weighted by molar-refractivity contribution is 7.83. The summed E-state index contributed by atoms with van der Waals surface area (Å²) in [6, 6.07) is 14.0. The molecule has 0 saturated heterocycles. The molecule has 1 saturated carbocycles. The third-order valence-corrected chi connectivity index (χ3v) is 4.83. The molecule has 126 valence electrons. The van der Waals surface area contributed by atoms with Crippen molar-refractivity contribution in [3.8, 4) is 0 Å². The van der Waals surface area contributed by atoms with E-state index in [4.69, 9.17) is 0 Å². The predicted molar refractivity (Wildman–Crippen MR) is 93.5 cm³/mol. The zero-order valence-electron chi connectivity index (χ0n) is 13.6. The largest absolute Gasteiger partial charge is 0.331 e. The molecule has 0 radical (unpaired) electrons. The van der Waals surface area contributed by atoms with Crippen molar-refractivity contribution in [3.63, 3.8) is 0 Å². The van der Waals surface area contributed by atoms with Crippen molar-refractivity contribution in [1.29, 1.82) is 0 Å². The lowest BCUT2D eigenvalue weighted by atomic mass is 10.1. The molecule has 2 aromatic carbocycles. The molecule has 0 aliphatic heterocycles. The molecule has 1 atom stereocenters. The molecule has 3 rings (SSSR count). The maximum Gasteiger partial charge on any atom is 0.254 e. The molecule has 5 heteroatoms. The normalized spacial score (nSPS) is 15.1. The average Bonchev–Trinajstić information content (AvgIpc) is 3.38. The summed E-state index contributed by atoms with van der Waals surface area (Å²) >= 11 is 0. The highest BCUT2D eigenvalue weighted by Gasteiger charge is 2.33. The molecule has 0 heterocycles. The molecule has 1 unspecified atom stereocenters. The van der Waals surface area contributed by atoms with E-state index in [0.29, 0.717) is 16.9 Å². The Bertz CT molecular complexity index is 773. The third kappa shape index (κ3) is 4.09. The summed E-state index contributed by atoms with van der Waals surface area (Å²) in [6.45, 7) is 0.278. The predicted octanol–water partition coefficient (Wildman–Crippen LogP) is 3.51. The van der Waals surface area contributed by atoms with E-state index in [1.807, 2.05) is 12.1 Å². The van der Waals surface area contributed by atoms with Gasteiger partial charge in [-0.15, -0.1) is 0 Å². The van der Waals surface area contributed by atoms with E-state index in [2.05, 4.69) is 0 Å². The van der Waals surface area contributed by atoms with Gasteiger partial charge in [-0.3, -0.25) is 9.00 Å². The third-order valence-electron chi connectivity index (χ3n) is 4.09. The van der Waals surface area contributed by atoms with Gasteiger partial charge < -0.3 is 4.90 Å². The van der Waals surface area contributed by atoms with Gasteiger partial charge in [0.1, 0.15) is 5.82 Å². The van der Waals surface area contributed by atoms with E-state index in [9.17, 15) is 13.4 Å². The van der Waals surface area contributed by atoms with Gasteiger partial charge >= 0.3 is 0 Å². The number of halogens is 1. The maximum atomic E-state index is 13.9. The first-order valence-corrected chi connectivity index (χ1v) is 9.70. The van der Waals surface area contributed by atoms with Crippen molar-refractivity contribution in [2.75, 3.05) is 6.26 Å². The lowest BCUT2D eigenvalue weighted by Gasteiger charge is -2.23. The summed E-state index contributed by atoms with van der Waals surface area (Å²) < 4.78 is 25.3. The SMILES string of the molecule is CS(=O)Cc1cccc(C(=O)N(Cc2ccccc2F)C2CC2)c1. The fourth-order valence-corrected chi connectivity index (χ4v) is 3.41. The fraction of sp³-hybridized carbons (Fsp3) is 0.316. The van der Waals surface area contributed by atoms with E-state index in [1.165, 1.54) is 6.07 Å². The van der Waals surface area contributed by atoms with Crippen LogP contribution in [0, 0.1) is 5.82 Å². The maximum absolute atomic E-state index is 13.9. The number of carbonyl (C=O) groups is 1. The van der Waals surface area contributed by atoms with Crippen LogP contribution in [-0.4, -0.2) is 27.3 Å². The number of hydrogen-bond acceptors (Lipinski definition) is 2. The molecule has 1 amide bonds. The first-order chi connectivity index (χ1) is 11.5. The van der Waals surface area contributed by atoms with Crippen LogP contribution in [0.1, 0.15) is 34.3 Å². The summed E-state index contributed by atoms with van der Waals surface area (Å²) in [4.78, 5) is 14.7. The Morgan fingerprint density at radius 3 is 2.62 bits per heavy atom. The Hall–Kier alpha value is -2.01. The van der Waals surface area contributed by atoms with Crippen LogP contribution in [0.15, 0.2) is 48.5 Å². The molecule has 0 aromatic heterocycles. The Kier molecular flexibility index (Phi) is 5.09. The van der Waals surface area contributed by atoms with Gasteiger partial charge in [0.05, 0.1) is 0 Å². The van der Waals surface area contributed by atoms with Gasteiger partial charge in [0.15, 0.2) is 0 Å². The van der Waals surface area contributed by atoms with Crippen LogP contribution in [0.5, 0.6) is 0 Å². The summed E-state index contributed by atoms with van der Waals surface area (Å²) in [5, 5.41) is 0. The molecule has 0 N–H and O–H groups in total. The minimum atomic E-state index is -0.954. The Morgan fingerprint density at radius 1 is 1.21 bits per heavy atom. The number of carbonyl (C=O) groups excluding carboxylic acids is 1. The van der Waals surface area contributed by atoms with E-state index in [0.717, 1.165) is 18.4 Å². The van der Waals surface area contributed by atoms with E-state index in [1.54, 1.807) is 41.5 Å². The fourth-order valence-electron chi connectivity index (χ4n) is 2.76. The number of benzene rings is 2. The van der Waals surface area contributed by atoms with Crippen molar-refractivity contribution >= 4 is 16.7 Å². The van der Waals surface area contributed by atoms with Crippen LogP contribution in [0.2, 0.25) is 0 Å². The summed E-state index contributed by atoms with van der Waals surface area (Å²) in [5.41, 5.74) is 1.98. The van der Waals surface area contributed by atoms with Gasteiger partial charge in [-0.25, -0.2) is 4.39 Å². The van der Waals surface area contributed by atoms with E-state index >= 15 is 0 Å². The standard InChI is InChI=1S/C19H20FNO2S/c1-24(23)13-14-5-4-7-15(11-14)19(22)21(17-9-10-17)12-16-6-2-3-8-18(16)20/h2-8,11,17H,9-10,12-13H2,1H3. The zero-order valence-corrected chi connectivity index (χ0v) is 14.4. The van der Waals surface area contributed by atoms with Crippen molar-refractivity contribution in [2.45, 2.75) is 31.2 Å². The number of rotatable bonds is 6. The Balaban J connectivity index is 1.83. The second-order valence-electron chi connectivity index (χ2n) is 6.17. The number of hydrogen-bond donors (Lipinski definition) is 0. The number of nitrogens with zero attached hydrogens (tertiary/aromatic N) is 1. The molecule has 1 aliphatic rings. The molecule has 0 spiro atoms. The van der Waals surface area contributed by atoms with Crippen LogP contribution in [-0.2, 0) is 23.1 Å². The van der Waals surface area contributed by atoms with Crippen LogP contribution in [0.3, 0.4) is 0 Å². The van der Waals surface area contributed by atoms with Crippen LogP contribution in [0.25, 0.3) is 0 Å². The second-order valence-corrected chi connectivity index (χ2v) is 7.61. The highest BCUT2D eigenvalue weighted by atomic mass is 32.2. The minimum Gasteiger partial charge on any atom is -0.331 e. The monoisotopic (exact) mass is 345 g/mol. The van der Waals surface area contributed by atoms with Crippen molar-refractivity contribution in [2.24, 2.45) is 0 Å². The first-order valence-electron chi connectivity index (χ1n) is 7.98. The molecular weight excluding hydrogens is 325 g/mol. The number of amides is 1. The summed E-state index contributed by atoms with van der Waals surface area (Å²) in [6.07, 6.45) is 3.56. The molecule has 1 aliphatic carbocycles. The average molecular weight is 345 g/mol. The highest BCUT2D eigenvalue weighted by Crippen LogP contribution is 2.30. The quantitative estimate of drug-likeness (QED) is 0.803. The van der Waals surface area contributed by atoms with Crippen LogP contribution in [0.4, 0.5) is 4.39 Å². The van der Waals surface area contributed by atoms with Crippen molar-refractivity contribution in [3.05, 3.63) is 71.0 Å². The van der Waals surface area contributed by atoms with Crippen LogP contribution >= 0.6 is 0 Å². The molecule has 1 fully saturated rings. The Labute approximate surface area is 143 Å². The zero-order chi connectivity index (χ0) is 17.1. The van der Waals surface area contributed by atoms with Crippen molar-refractivity contribution in [1.82, 2.24) is 4.90 Å². The molecular formula is C19H20FNO2S. The van der Waals surface area contributed by atoms with Gasteiger partial charge in [-0.05, 0) is 36.6 Å². The second kappa shape index (κ2) is 7.26. The molecule has 0 bridgehead atoms. The van der Waals surface area contributed by atoms with Gasteiger partial charge in [-0.1, -0.05) is 30.3 Å². The smallest absolute Gasteiger partial charge is 0.254 e. The van der Waals surface area contributed by atoms with Crippen LogP contribution < -0.4 is 0 Å². The topological polar surface area (TPSA) is 37.4 Å². The summed E-state index contributed by atoms with van der Waals surface area (Å²) in [5.74, 6) is 0.0493. The van der Waals surface area contributed by atoms with E-state index < -0.39 is 10.8 Å². The lowest BCUT2D eigenvalue weighted by molar-refractivity contribution is 0.0728. The molecule has 24 heavy (non-hydrogen) atoms. The Morgan fingerprint density at radius 2 is 1.96 bits per heavy atom. The van der Waals surface area contributed by atoms with Gasteiger partial charge in [0.2, 0.25) is 0 Å². The van der Waals surface area contributed by atoms with Gasteiger partial charge in [0.25, 0.3) is 5.91 Å².